The molecular weight excluding hydrogens is 440 g/mol. The van der Waals surface area contributed by atoms with Gasteiger partial charge >= 0.3 is 0 Å². The lowest BCUT2D eigenvalue weighted by Gasteiger charge is -2.24. The number of para-hydroxylation sites is 1. The van der Waals surface area contributed by atoms with Crippen molar-refractivity contribution in [3.05, 3.63) is 83.9 Å². The van der Waals surface area contributed by atoms with Gasteiger partial charge in [-0.3, -0.25) is 9.10 Å². The first-order valence-corrected chi connectivity index (χ1v) is 12.0. The number of nitrogens with zero attached hydrogens (tertiary/aromatic N) is 1. The Morgan fingerprint density at radius 2 is 1.64 bits per heavy atom. The third kappa shape index (κ3) is 6.04. The van der Waals surface area contributed by atoms with Gasteiger partial charge in [-0.1, -0.05) is 35.9 Å². The van der Waals surface area contributed by atoms with Gasteiger partial charge in [0, 0.05) is 12.1 Å². The molecule has 174 valence electrons. The molecule has 1 N–H and O–H groups in total. The quantitative estimate of drug-likeness (QED) is 0.488. The molecule has 3 aromatic carbocycles. The Morgan fingerprint density at radius 3 is 2.27 bits per heavy atom. The van der Waals surface area contributed by atoms with Crippen LogP contribution in [0.2, 0.25) is 0 Å². The Hall–Kier alpha value is -3.52. The molecule has 3 aromatic rings. The summed E-state index contributed by atoms with van der Waals surface area (Å²) in [6.45, 7) is 4.16. The van der Waals surface area contributed by atoms with E-state index < -0.39 is 15.9 Å². The number of ether oxygens (including phenoxy) is 2. The van der Waals surface area contributed by atoms with Gasteiger partial charge < -0.3 is 14.8 Å². The van der Waals surface area contributed by atoms with Crippen LogP contribution >= 0.6 is 0 Å². The number of sulfonamides is 1. The minimum Gasteiger partial charge on any atom is -0.497 e. The maximum atomic E-state index is 13.5. The molecule has 0 atom stereocenters. The predicted octanol–water partition coefficient (Wildman–Crippen LogP) is 3.91. The summed E-state index contributed by atoms with van der Waals surface area (Å²) in [5.74, 6) is 0.794. The molecule has 0 saturated carbocycles. The number of anilines is 1. The van der Waals surface area contributed by atoms with E-state index in [-0.39, 0.29) is 18.0 Å². The van der Waals surface area contributed by atoms with Crippen molar-refractivity contribution < 1.29 is 22.7 Å². The highest BCUT2D eigenvalue weighted by atomic mass is 32.2. The number of rotatable bonds is 10. The predicted molar refractivity (Wildman–Crippen MR) is 128 cm³/mol. The smallest absolute Gasteiger partial charge is 0.264 e. The van der Waals surface area contributed by atoms with Crippen molar-refractivity contribution in [2.75, 3.05) is 24.6 Å². The number of hydrogen-bond donors (Lipinski definition) is 1. The Balaban J connectivity index is 1.84. The second kappa shape index (κ2) is 10.9. The number of benzene rings is 3. The number of carbonyl (C=O) groups is 1. The van der Waals surface area contributed by atoms with Gasteiger partial charge in [0.05, 0.1) is 24.3 Å². The average Bonchev–Trinajstić information content (AvgIpc) is 2.83. The summed E-state index contributed by atoms with van der Waals surface area (Å²) in [4.78, 5) is 12.9. The first kappa shape index (κ1) is 24.1. The molecule has 0 aliphatic carbocycles. The van der Waals surface area contributed by atoms with Crippen LogP contribution in [-0.4, -0.2) is 34.6 Å². The van der Waals surface area contributed by atoms with Crippen LogP contribution in [0.4, 0.5) is 5.69 Å². The van der Waals surface area contributed by atoms with Gasteiger partial charge in [-0.2, -0.15) is 0 Å². The van der Waals surface area contributed by atoms with Gasteiger partial charge in [0.15, 0.2) is 0 Å². The van der Waals surface area contributed by atoms with Crippen LogP contribution in [-0.2, 0) is 21.4 Å². The molecule has 0 aliphatic rings. The summed E-state index contributed by atoms with van der Waals surface area (Å²) < 4.78 is 38.7. The fourth-order valence-corrected chi connectivity index (χ4v) is 4.65. The van der Waals surface area contributed by atoms with Gasteiger partial charge in [0.25, 0.3) is 10.0 Å². The molecule has 0 heterocycles. The van der Waals surface area contributed by atoms with E-state index >= 15 is 0 Å². The highest BCUT2D eigenvalue weighted by Crippen LogP contribution is 2.25. The normalized spacial score (nSPS) is 11.0. The number of carbonyl (C=O) groups excluding carboxylic acids is 1. The summed E-state index contributed by atoms with van der Waals surface area (Å²) in [7, 11) is -2.48. The fraction of sp³-hybridized carbons (Fsp3) is 0.240. The van der Waals surface area contributed by atoms with Crippen molar-refractivity contribution in [2.45, 2.75) is 25.3 Å². The topological polar surface area (TPSA) is 84.9 Å². The van der Waals surface area contributed by atoms with Crippen LogP contribution < -0.4 is 19.1 Å². The highest BCUT2D eigenvalue weighted by molar-refractivity contribution is 7.92. The molecule has 0 radical (unpaired) electrons. The molecule has 0 unspecified atom stereocenters. The molecule has 3 rings (SSSR count). The average molecular weight is 469 g/mol. The molecular formula is C25H28N2O5S. The molecule has 0 aromatic heterocycles. The van der Waals surface area contributed by atoms with Crippen molar-refractivity contribution in [3.63, 3.8) is 0 Å². The zero-order chi connectivity index (χ0) is 23.8. The van der Waals surface area contributed by atoms with E-state index in [2.05, 4.69) is 5.32 Å². The van der Waals surface area contributed by atoms with Gasteiger partial charge in [0.1, 0.15) is 18.0 Å². The lowest BCUT2D eigenvalue weighted by atomic mass is 10.2. The monoisotopic (exact) mass is 468 g/mol. The molecule has 33 heavy (non-hydrogen) atoms. The minimum atomic E-state index is -3.99. The molecule has 8 heteroatoms. The lowest BCUT2D eigenvalue weighted by Crippen LogP contribution is -2.40. The third-order valence-electron chi connectivity index (χ3n) is 5.01. The number of methoxy groups -OCH3 is 1. The zero-order valence-corrected chi connectivity index (χ0v) is 19.8. The minimum absolute atomic E-state index is 0.0679. The first-order valence-electron chi connectivity index (χ1n) is 10.6. The summed E-state index contributed by atoms with van der Waals surface area (Å²) >= 11 is 0. The summed E-state index contributed by atoms with van der Waals surface area (Å²) in [6.07, 6.45) is 0. The van der Waals surface area contributed by atoms with E-state index in [1.165, 1.54) is 19.2 Å². The van der Waals surface area contributed by atoms with E-state index in [0.29, 0.717) is 23.8 Å². The van der Waals surface area contributed by atoms with E-state index in [0.717, 1.165) is 15.4 Å². The molecule has 0 spiro atoms. The van der Waals surface area contributed by atoms with Gasteiger partial charge in [-0.25, -0.2) is 8.42 Å². The molecule has 0 saturated heterocycles. The van der Waals surface area contributed by atoms with Gasteiger partial charge in [-0.05, 0) is 56.3 Å². The van der Waals surface area contributed by atoms with Crippen LogP contribution in [0.3, 0.4) is 0 Å². The standard InChI is InChI=1S/C25H28N2O5S/c1-4-32-24-8-6-5-7-20(24)17-26-25(28)18-27(21-11-9-19(2)10-12-21)33(29,30)23-15-13-22(31-3)14-16-23/h5-16H,4,17-18H2,1-3H3,(H,26,28). The van der Waals surface area contributed by atoms with Gasteiger partial charge in [0.2, 0.25) is 5.91 Å². The van der Waals surface area contributed by atoms with E-state index in [4.69, 9.17) is 9.47 Å². The SMILES string of the molecule is CCOc1ccccc1CNC(=O)CN(c1ccc(C)cc1)S(=O)(=O)c1ccc(OC)cc1. The van der Waals surface area contributed by atoms with Crippen molar-refractivity contribution in [1.29, 1.82) is 0 Å². The van der Waals surface area contributed by atoms with E-state index in [1.54, 1.807) is 24.3 Å². The maximum Gasteiger partial charge on any atom is 0.264 e. The summed E-state index contributed by atoms with van der Waals surface area (Å²) in [6, 6.07) is 20.5. The second-order valence-electron chi connectivity index (χ2n) is 7.34. The van der Waals surface area contributed by atoms with Crippen molar-refractivity contribution >= 4 is 21.6 Å². The molecule has 0 fully saturated rings. The van der Waals surface area contributed by atoms with Crippen molar-refractivity contribution in [2.24, 2.45) is 0 Å². The Morgan fingerprint density at radius 1 is 0.970 bits per heavy atom. The van der Waals surface area contributed by atoms with E-state index in [1.807, 2.05) is 50.2 Å². The van der Waals surface area contributed by atoms with Crippen molar-refractivity contribution in [3.8, 4) is 11.5 Å². The number of aryl methyl sites for hydroxylation is 1. The van der Waals surface area contributed by atoms with Crippen LogP contribution in [0.15, 0.2) is 77.7 Å². The third-order valence-corrected chi connectivity index (χ3v) is 6.79. The van der Waals surface area contributed by atoms with E-state index in [9.17, 15) is 13.2 Å². The number of hydrogen-bond acceptors (Lipinski definition) is 5. The van der Waals surface area contributed by atoms with Gasteiger partial charge in [-0.15, -0.1) is 0 Å². The summed E-state index contributed by atoms with van der Waals surface area (Å²) in [5, 5.41) is 2.81. The largest absolute Gasteiger partial charge is 0.497 e. The van der Waals surface area contributed by atoms with Crippen LogP contribution in [0.1, 0.15) is 18.1 Å². The number of nitrogens with one attached hydrogen (secondary N) is 1. The van der Waals surface area contributed by atoms with Crippen LogP contribution in [0.25, 0.3) is 0 Å². The number of amides is 1. The van der Waals surface area contributed by atoms with Crippen LogP contribution in [0, 0.1) is 6.92 Å². The highest BCUT2D eigenvalue weighted by Gasteiger charge is 2.27. The maximum absolute atomic E-state index is 13.5. The van der Waals surface area contributed by atoms with Crippen molar-refractivity contribution in [1.82, 2.24) is 5.32 Å². The molecule has 0 bridgehead atoms. The zero-order valence-electron chi connectivity index (χ0n) is 18.9. The summed E-state index contributed by atoms with van der Waals surface area (Å²) in [5.41, 5.74) is 2.20. The second-order valence-corrected chi connectivity index (χ2v) is 9.20. The molecule has 0 aliphatic heterocycles. The lowest BCUT2D eigenvalue weighted by molar-refractivity contribution is -0.119. The Labute approximate surface area is 195 Å². The Kier molecular flexibility index (Phi) is 7.95. The fourth-order valence-electron chi connectivity index (χ4n) is 3.23. The molecule has 7 nitrogen and oxygen atoms in total. The first-order chi connectivity index (χ1) is 15.8. The molecule has 1 amide bonds. The van der Waals surface area contributed by atoms with Crippen LogP contribution in [0.5, 0.6) is 11.5 Å². The Bertz CT molecular complexity index is 1180.